The number of oxazole rings is 1. The first kappa shape index (κ1) is 19.9. The predicted octanol–water partition coefficient (Wildman–Crippen LogP) is 2.97. The molecule has 8 heteroatoms. The van der Waals surface area contributed by atoms with Gasteiger partial charge in [-0.05, 0) is 31.9 Å². The molecule has 30 heavy (non-hydrogen) atoms. The van der Waals surface area contributed by atoms with Gasteiger partial charge in [0.05, 0.1) is 19.2 Å². The second-order valence-electron chi connectivity index (χ2n) is 7.50. The van der Waals surface area contributed by atoms with Crippen LogP contribution in [0, 0.1) is 6.92 Å². The number of aromatic nitrogens is 3. The molecular weight excluding hydrogens is 382 g/mol. The average Bonchev–Trinajstić information content (AvgIpc) is 3.21. The molecule has 0 unspecified atom stereocenters. The lowest BCUT2D eigenvalue weighted by Crippen LogP contribution is -2.39. The smallest absolute Gasteiger partial charge is 0.272 e. The van der Waals surface area contributed by atoms with Crippen molar-refractivity contribution in [3.8, 4) is 5.75 Å². The molecule has 0 saturated carbocycles. The van der Waals surface area contributed by atoms with Crippen molar-refractivity contribution in [1.29, 1.82) is 0 Å². The fraction of sp³-hybridized carbons (Fsp3) is 0.364. The van der Waals surface area contributed by atoms with Gasteiger partial charge in [0.25, 0.3) is 5.91 Å². The lowest BCUT2D eigenvalue weighted by atomic mass is 9.97. The summed E-state index contributed by atoms with van der Waals surface area (Å²) in [5, 5.41) is 0. The predicted molar refractivity (Wildman–Crippen MR) is 111 cm³/mol. The summed E-state index contributed by atoms with van der Waals surface area (Å²) < 4.78 is 11.5. The Morgan fingerprint density at radius 3 is 2.97 bits per heavy atom. The summed E-state index contributed by atoms with van der Waals surface area (Å²) in [5.74, 6) is 2.28. The van der Waals surface area contributed by atoms with Crippen LogP contribution in [-0.4, -0.2) is 46.0 Å². The monoisotopic (exact) mass is 407 g/mol. The van der Waals surface area contributed by atoms with Crippen LogP contribution in [0.1, 0.15) is 52.2 Å². The third-order valence-electron chi connectivity index (χ3n) is 5.28. The van der Waals surface area contributed by atoms with Crippen LogP contribution in [-0.2, 0) is 6.42 Å². The van der Waals surface area contributed by atoms with Gasteiger partial charge in [0.15, 0.2) is 5.89 Å². The van der Waals surface area contributed by atoms with E-state index in [1.165, 1.54) is 0 Å². The first-order chi connectivity index (χ1) is 14.5. The molecular formula is C22H25N5O3. The maximum Gasteiger partial charge on any atom is 0.272 e. The fourth-order valence-corrected chi connectivity index (χ4v) is 3.86. The highest BCUT2D eigenvalue weighted by Crippen LogP contribution is 2.29. The molecule has 1 saturated heterocycles. The Hall–Kier alpha value is -3.42. The van der Waals surface area contributed by atoms with Gasteiger partial charge in [-0.25, -0.2) is 15.0 Å². The van der Waals surface area contributed by atoms with E-state index in [-0.39, 0.29) is 17.8 Å². The molecule has 1 aromatic carbocycles. The molecule has 0 radical (unpaired) electrons. The van der Waals surface area contributed by atoms with Crippen LogP contribution in [0.15, 0.2) is 40.9 Å². The minimum absolute atomic E-state index is 0.0504. The highest BCUT2D eigenvalue weighted by molar-refractivity contribution is 5.92. The molecule has 1 atom stereocenters. The Balaban J connectivity index is 1.47. The SMILES string of the molecule is COc1ccccc1Cc1cnc([C@@H]2CCCN(C(=O)c3cc(C)nc(N)n3)C2)o1. The van der Waals surface area contributed by atoms with Gasteiger partial charge in [0.2, 0.25) is 5.95 Å². The highest BCUT2D eigenvalue weighted by atomic mass is 16.5. The van der Waals surface area contributed by atoms with Crippen molar-refractivity contribution in [3.63, 3.8) is 0 Å². The molecule has 0 aliphatic carbocycles. The standard InChI is InChI=1S/C22H25N5O3/c1-14-10-18(26-22(23)25-14)21(28)27-9-5-7-16(13-27)20-24-12-17(30-20)11-15-6-3-4-8-19(15)29-2/h3-4,6,8,10,12,16H,5,7,9,11,13H2,1-2H3,(H2,23,25,26)/t16-/m1/s1. The Labute approximate surface area is 175 Å². The van der Waals surface area contributed by atoms with E-state index < -0.39 is 0 Å². The van der Waals surface area contributed by atoms with E-state index in [2.05, 4.69) is 15.0 Å². The van der Waals surface area contributed by atoms with Crippen molar-refractivity contribution in [2.45, 2.75) is 32.1 Å². The number of rotatable bonds is 5. The molecule has 3 aromatic rings. The lowest BCUT2D eigenvalue weighted by Gasteiger charge is -2.31. The minimum Gasteiger partial charge on any atom is -0.496 e. The maximum absolute atomic E-state index is 12.9. The van der Waals surface area contributed by atoms with Gasteiger partial charge < -0.3 is 19.8 Å². The van der Waals surface area contributed by atoms with Crippen molar-refractivity contribution in [1.82, 2.24) is 19.9 Å². The molecule has 1 amide bonds. The van der Waals surface area contributed by atoms with Gasteiger partial charge >= 0.3 is 0 Å². The van der Waals surface area contributed by atoms with Gasteiger partial charge in [-0.2, -0.15) is 0 Å². The molecule has 2 N–H and O–H groups in total. The summed E-state index contributed by atoms with van der Waals surface area (Å²) in [5.41, 5.74) is 7.74. The number of anilines is 1. The summed E-state index contributed by atoms with van der Waals surface area (Å²) >= 11 is 0. The number of amides is 1. The Morgan fingerprint density at radius 1 is 1.33 bits per heavy atom. The van der Waals surface area contributed by atoms with E-state index in [0.717, 1.165) is 29.9 Å². The van der Waals surface area contributed by atoms with Crippen LogP contribution in [0.2, 0.25) is 0 Å². The second kappa shape index (κ2) is 8.52. The first-order valence-electron chi connectivity index (χ1n) is 10.0. The zero-order chi connectivity index (χ0) is 21.1. The fourth-order valence-electron chi connectivity index (χ4n) is 3.86. The number of para-hydroxylation sites is 1. The number of carbonyl (C=O) groups excluding carboxylic acids is 1. The summed E-state index contributed by atoms with van der Waals surface area (Å²) in [4.78, 5) is 27.3. The van der Waals surface area contributed by atoms with Crippen molar-refractivity contribution in [2.75, 3.05) is 25.9 Å². The van der Waals surface area contributed by atoms with Crippen molar-refractivity contribution in [2.24, 2.45) is 0 Å². The van der Waals surface area contributed by atoms with Crippen molar-refractivity contribution < 1.29 is 13.9 Å². The molecule has 1 aliphatic rings. The summed E-state index contributed by atoms with van der Waals surface area (Å²) in [6.07, 6.45) is 4.16. The molecule has 3 heterocycles. The number of nitrogens with zero attached hydrogens (tertiary/aromatic N) is 4. The van der Waals surface area contributed by atoms with Gasteiger partial charge in [-0.1, -0.05) is 18.2 Å². The molecule has 8 nitrogen and oxygen atoms in total. The summed E-state index contributed by atoms with van der Waals surface area (Å²) in [7, 11) is 1.66. The highest BCUT2D eigenvalue weighted by Gasteiger charge is 2.29. The maximum atomic E-state index is 12.9. The topological polar surface area (TPSA) is 107 Å². The molecule has 0 bridgehead atoms. The van der Waals surface area contributed by atoms with E-state index >= 15 is 0 Å². The van der Waals surface area contributed by atoms with Gasteiger partial charge in [0, 0.05) is 30.8 Å². The van der Waals surface area contributed by atoms with Crippen LogP contribution < -0.4 is 10.5 Å². The Bertz CT molecular complexity index is 1030. The zero-order valence-electron chi connectivity index (χ0n) is 17.2. The van der Waals surface area contributed by atoms with Crippen LogP contribution in [0.5, 0.6) is 5.75 Å². The summed E-state index contributed by atoms with van der Waals surface area (Å²) in [6, 6.07) is 9.52. The minimum atomic E-state index is -0.141. The number of likely N-dealkylation sites (tertiary alicyclic amines) is 1. The van der Waals surface area contributed by atoms with E-state index in [0.29, 0.717) is 36.8 Å². The van der Waals surface area contributed by atoms with Crippen LogP contribution in [0.4, 0.5) is 5.95 Å². The number of ether oxygens (including phenoxy) is 1. The zero-order valence-corrected chi connectivity index (χ0v) is 17.2. The number of nitrogens with two attached hydrogens (primary N) is 1. The number of methoxy groups -OCH3 is 1. The number of piperidine rings is 1. The molecule has 4 rings (SSSR count). The number of carbonyl (C=O) groups is 1. The lowest BCUT2D eigenvalue weighted by molar-refractivity contribution is 0.0691. The van der Waals surface area contributed by atoms with Gasteiger partial charge in [-0.15, -0.1) is 0 Å². The van der Waals surface area contributed by atoms with Gasteiger partial charge in [-0.3, -0.25) is 4.79 Å². The number of aryl methyl sites for hydroxylation is 1. The van der Waals surface area contributed by atoms with Crippen LogP contribution >= 0.6 is 0 Å². The Kier molecular flexibility index (Phi) is 5.65. The first-order valence-corrected chi connectivity index (χ1v) is 10.0. The number of benzene rings is 1. The van der Waals surface area contributed by atoms with Crippen LogP contribution in [0.3, 0.4) is 0 Å². The van der Waals surface area contributed by atoms with E-state index in [1.54, 1.807) is 31.2 Å². The third-order valence-corrected chi connectivity index (χ3v) is 5.28. The molecule has 0 spiro atoms. The average molecular weight is 407 g/mol. The Morgan fingerprint density at radius 2 is 2.17 bits per heavy atom. The summed E-state index contributed by atoms with van der Waals surface area (Å²) in [6.45, 7) is 3.01. The van der Waals surface area contributed by atoms with E-state index in [4.69, 9.17) is 14.9 Å². The van der Waals surface area contributed by atoms with Crippen molar-refractivity contribution >= 4 is 11.9 Å². The number of nitrogen functional groups attached to an aromatic ring is 1. The largest absolute Gasteiger partial charge is 0.496 e. The quantitative estimate of drug-likeness (QED) is 0.693. The van der Waals surface area contributed by atoms with E-state index in [1.807, 2.05) is 24.3 Å². The molecule has 1 fully saturated rings. The molecule has 2 aromatic heterocycles. The second-order valence-corrected chi connectivity index (χ2v) is 7.50. The molecule has 1 aliphatic heterocycles. The van der Waals surface area contributed by atoms with Crippen molar-refractivity contribution in [3.05, 3.63) is 65.1 Å². The van der Waals surface area contributed by atoms with Gasteiger partial charge in [0.1, 0.15) is 17.2 Å². The number of hydrogen-bond donors (Lipinski definition) is 1. The number of hydrogen-bond acceptors (Lipinski definition) is 7. The third kappa shape index (κ3) is 4.27. The normalized spacial score (nSPS) is 16.5. The molecule has 156 valence electrons. The van der Waals surface area contributed by atoms with Crippen LogP contribution in [0.25, 0.3) is 0 Å². The van der Waals surface area contributed by atoms with E-state index in [9.17, 15) is 4.79 Å².